The SMILES string of the molecule is [B]P(C)OC(=O)C1=C(C[n+]2cccc3c2ncn3CC(=O)NCCCC(NC)C(N)=O)CSC2C(NC(=O)C(=NC)c3nsc(N)n3)C(=O)N12. The van der Waals surface area contributed by atoms with Crippen LogP contribution in [0.5, 0.6) is 0 Å². The molecule has 0 aromatic carbocycles. The molecule has 4 atom stereocenters. The van der Waals surface area contributed by atoms with Gasteiger partial charge in [-0.2, -0.15) is 9.36 Å². The zero-order valence-corrected chi connectivity index (χ0v) is 29.9. The predicted octanol–water partition coefficient (Wildman–Crippen LogP) is -1.85. The fraction of sp³-hybridized carbons (Fsp3) is 0.429. The summed E-state index contributed by atoms with van der Waals surface area (Å²) in [5.41, 5.74) is 12.8. The Labute approximate surface area is 297 Å². The number of aliphatic imine (C=N–C) groups is 1. The number of nitrogen functional groups attached to an aromatic ring is 1. The van der Waals surface area contributed by atoms with Crippen molar-refractivity contribution in [2.45, 2.75) is 43.4 Å². The van der Waals surface area contributed by atoms with Gasteiger partial charge in [-0.3, -0.25) is 33.6 Å². The minimum atomic E-state index is -1.59. The molecule has 5 rings (SSSR count). The normalized spacial score (nSPS) is 18.7. The summed E-state index contributed by atoms with van der Waals surface area (Å²) in [7, 11) is 7.31. The van der Waals surface area contributed by atoms with Crippen molar-refractivity contribution in [1.82, 2.24) is 39.8 Å². The molecule has 262 valence electrons. The molecule has 50 heavy (non-hydrogen) atoms. The molecule has 18 nitrogen and oxygen atoms in total. The van der Waals surface area contributed by atoms with E-state index >= 15 is 0 Å². The van der Waals surface area contributed by atoms with Crippen LogP contribution in [0.15, 0.2) is 40.9 Å². The topological polar surface area (TPSA) is 246 Å². The quantitative estimate of drug-likeness (QED) is 0.0288. The van der Waals surface area contributed by atoms with Gasteiger partial charge in [0.1, 0.15) is 35.7 Å². The summed E-state index contributed by atoms with van der Waals surface area (Å²) in [6.07, 6.45) is 4.39. The van der Waals surface area contributed by atoms with Gasteiger partial charge >= 0.3 is 11.6 Å². The lowest BCUT2D eigenvalue weighted by molar-refractivity contribution is -0.664. The lowest BCUT2D eigenvalue weighted by Gasteiger charge is -2.49. The average Bonchev–Trinajstić information content (AvgIpc) is 3.69. The number of carbonyl (C=O) groups excluding carboxylic acids is 5. The molecule has 3 aromatic rings. The summed E-state index contributed by atoms with van der Waals surface area (Å²) in [6, 6.07) is 2.20. The molecule has 0 spiro atoms. The lowest BCUT2D eigenvalue weighted by atomic mass is 10.0. The number of aromatic nitrogens is 5. The third-order valence-corrected chi connectivity index (χ3v) is 10.2. The summed E-state index contributed by atoms with van der Waals surface area (Å²) in [5.74, 6) is -2.21. The Kier molecular flexibility index (Phi) is 11.8. The number of primary amides is 1. The highest BCUT2D eigenvalue weighted by atomic mass is 32.2. The fourth-order valence-corrected chi connectivity index (χ4v) is 7.64. The number of anilines is 1. The Morgan fingerprint density at radius 3 is 2.76 bits per heavy atom. The van der Waals surface area contributed by atoms with Crippen molar-refractivity contribution >= 4 is 90.5 Å². The van der Waals surface area contributed by atoms with Gasteiger partial charge in [0, 0.05) is 44.5 Å². The summed E-state index contributed by atoms with van der Waals surface area (Å²) >= 11 is 2.29. The number of fused-ring (bicyclic) bond motifs is 2. The van der Waals surface area contributed by atoms with Crippen LogP contribution in [-0.2, 0) is 41.6 Å². The van der Waals surface area contributed by atoms with E-state index in [2.05, 4.69) is 35.3 Å². The number of nitrogens with zero attached hydrogens (tertiary/aromatic N) is 7. The molecule has 0 bridgehead atoms. The van der Waals surface area contributed by atoms with Crippen molar-refractivity contribution < 1.29 is 33.1 Å². The molecular weight excluding hydrogens is 706 g/mol. The molecular formula is C28H35BN12O6PS2+. The molecule has 2 aliphatic heterocycles. The number of carbonyl (C=O) groups is 5. The number of nitrogens with one attached hydrogen (secondary N) is 3. The maximum atomic E-state index is 13.5. The predicted molar refractivity (Wildman–Crippen MR) is 188 cm³/mol. The van der Waals surface area contributed by atoms with Gasteiger partial charge in [0.15, 0.2) is 24.2 Å². The first-order valence-corrected chi connectivity index (χ1v) is 18.8. The van der Waals surface area contributed by atoms with Crippen LogP contribution in [0, 0.1) is 0 Å². The van der Waals surface area contributed by atoms with Gasteiger partial charge in [-0.15, -0.1) is 11.8 Å². The van der Waals surface area contributed by atoms with Gasteiger partial charge in [-0.25, -0.2) is 9.36 Å². The van der Waals surface area contributed by atoms with E-state index in [1.807, 2.05) is 10.6 Å². The third kappa shape index (κ3) is 7.95. The number of hydrogen-bond donors (Lipinski definition) is 5. The van der Waals surface area contributed by atoms with Crippen molar-refractivity contribution in [3.63, 3.8) is 0 Å². The molecule has 7 N–H and O–H groups in total. The van der Waals surface area contributed by atoms with Gasteiger partial charge in [-0.1, -0.05) is 0 Å². The van der Waals surface area contributed by atoms with Crippen LogP contribution < -0.4 is 32.0 Å². The molecule has 3 aromatic heterocycles. The number of imidazole rings is 1. The van der Waals surface area contributed by atoms with Crippen LogP contribution in [0.25, 0.3) is 11.2 Å². The Morgan fingerprint density at radius 2 is 2.10 bits per heavy atom. The molecule has 2 radical (unpaired) electrons. The number of hydrogen-bond acceptors (Lipinski definition) is 14. The van der Waals surface area contributed by atoms with Crippen LogP contribution in [0.1, 0.15) is 18.7 Å². The van der Waals surface area contributed by atoms with E-state index < -0.39 is 49.2 Å². The first kappa shape index (κ1) is 36.8. The number of β-lactam (4-membered cyclic amide) rings is 1. The van der Waals surface area contributed by atoms with Crippen molar-refractivity contribution in [3.05, 3.63) is 41.8 Å². The fourth-order valence-electron chi connectivity index (χ4n) is 5.53. The van der Waals surface area contributed by atoms with Crippen molar-refractivity contribution in [2.24, 2.45) is 10.7 Å². The Balaban J connectivity index is 1.31. The number of rotatable bonds is 15. The first-order chi connectivity index (χ1) is 23.9. The Bertz CT molecular complexity index is 1880. The van der Waals surface area contributed by atoms with Crippen LogP contribution >= 0.6 is 31.3 Å². The summed E-state index contributed by atoms with van der Waals surface area (Å²) in [4.78, 5) is 78.0. The van der Waals surface area contributed by atoms with Gasteiger partial charge in [-0.05, 0) is 43.7 Å². The molecule has 1 saturated heterocycles. The van der Waals surface area contributed by atoms with E-state index in [4.69, 9.17) is 23.6 Å². The number of likely N-dealkylation sites (N-methyl/N-ethyl adjacent to an activating group) is 1. The zero-order chi connectivity index (χ0) is 36.1. The molecule has 5 heterocycles. The first-order valence-electron chi connectivity index (χ1n) is 15.2. The van der Waals surface area contributed by atoms with E-state index in [-0.39, 0.29) is 41.4 Å². The van der Waals surface area contributed by atoms with Gasteiger partial charge in [0.25, 0.3) is 11.8 Å². The molecule has 4 amide bonds. The summed E-state index contributed by atoms with van der Waals surface area (Å²) in [6.45, 7) is 2.11. The summed E-state index contributed by atoms with van der Waals surface area (Å²) < 4.78 is 12.9. The molecule has 0 aliphatic carbocycles. The van der Waals surface area contributed by atoms with Crippen LogP contribution in [-0.4, -0.2) is 117 Å². The largest absolute Gasteiger partial charge is 0.452 e. The Hall–Kier alpha value is -4.46. The molecule has 22 heteroatoms. The standard InChI is InChI=1S/C28H34BN12O6PS2/c1-32-15(21(30)43)6-4-8-34-17(42)11-40-13-35-23-16(40)7-5-9-39(23)10-14-12-49-26-19(25(45)41(26)20(14)27(46)47-48(3)29)36-24(44)18(33-2)22-37-28(31)50-38-22/h5,7,9,13,15,19,26,32H,4,6,8,10-12H2,1-3H3,(H5-,30,31,34,36,37,38,42,43,44)/p+1. The smallest absolute Gasteiger partial charge is 0.357 e. The van der Waals surface area contributed by atoms with E-state index in [0.29, 0.717) is 41.9 Å². The lowest BCUT2D eigenvalue weighted by Crippen LogP contribution is -2.71. The average molecular weight is 742 g/mol. The van der Waals surface area contributed by atoms with E-state index in [0.717, 1.165) is 11.5 Å². The third-order valence-electron chi connectivity index (χ3n) is 7.86. The van der Waals surface area contributed by atoms with Gasteiger partial charge in [0.2, 0.25) is 18.1 Å². The molecule has 1 fully saturated rings. The maximum Gasteiger partial charge on any atom is 0.357 e. The van der Waals surface area contributed by atoms with E-state index in [1.54, 1.807) is 36.9 Å². The van der Waals surface area contributed by atoms with Crippen molar-refractivity contribution in [3.8, 4) is 0 Å². The minimum absolute atomic E-state index is 0.00586. The molecule has 2 aliphatic rings. The zero-order valence-electron chi connectivity index (χ0n) is 27.4. The second kappa shape index (κ2) is 16.0. The molecule has 4 unspecified atom stereocenters. The minimum Gasteiger partial charge on any atom is -0.452 e. The van der Waals surface area contributed by atoms with Gasteiger partial charge in [0.05, 0.1) is 12.2 Å². The van der Waals surface area contributed by atoms with Crippen LogP contribution in [0.4, 0.5) is 5.13 Å². The highest BCUT2D eigenvalue weighted by Gasteiger charge is 2.55. The van der Waals surface area contributed by atoms with Crippen LogP contribution in [0.2, 0.25) is 0 Å². The number of pyridine rings is 1. The highest BCUT2D eigenvalue weighted by molar-refractivity contribution is 8.00. The highest BCUT2D eigenvalue weighted by Crippen LogP contribution is 2.42. The molecule has 0 saturated carbocycles. The number of nitrogens with two attached hydrogens (primary N) is 2. The summed E-state index contributed by atoms with van der Waals surface area (Å²) in [5, 5.41) is 7.96. The number of amides is 4. The number of thioether (sulfide) groups is 1. The Morgan fingerprint density at radius 1 is 1.32 bits per heavy atom. The maximum absolute atomic E-state index is 13.5. The second-order valence-corrected chi connectivity index (χ2v) is 14.4. The monoisotopic (exact) mass is 741 g/mol. The van der Waals surface area contributed by atoms with Crippen LogP contribution in [0.3, 0.4) is 0 Å². The van der Waals surface area contributed by atoms with Crippen molar-refractivity contribution in [1.29, 1.82) is 0 Å². The van der Waals surface area contributed by atoms with E-state index in [1.165, 1.54) is 23.7 Å². The van der Waals surface area contributed by atoms with E-state index in [9.17, 15) is 24.0 Å². The van der Waals surface area contributed by atoms with Crippen molar-refractivity contribution in [2.75, 3.05) is 38.8 Å². The van der Waals surface area contributed by atoms with Gasteiger partial charge < -0.3 is 31.9 Å². The second-order valence-electron chi connectivity index (χ2n) is 11.2.